The Kier molecular flexibility index (Phi) is 2.73. The molecule has 0 bridgehead atoms. The molecule has 0 spiro atoms. The number of aryl methyl sites for hydroxylation is 2. The highest BCUT2D eigenvalue weighted by atomic mass is 15.1. The van der Waals surface area contributed by atoms with Gasteiger partial charge in [-0.2, -0.15) is 0 Å². The maximum atomic E-state index is 5.55. The molecular weight excluding hydrogens is 186 g/mol. The molecule has 0 atom stereocenters. The predicted octanol–water partition coefficient (Wildman–Crippen LogP) is 1.64. The van der Waals surface area contributed by atoms with Crippen molar-refractivity contribution in [1.82, 2.24) is 9.55 Å². The van der Waals surface area contributed by atoms with Crippen molar-refractivity contribution in [2.75, 3.05) is 6.54 Å². The van der Waals surface area contributed by atoms with Gasteiger partial charge in [0.15, 0.2) is 0 Å². The van der Waals surface area contributed by atoms with Crippen LogP contribution >= 0.6 is 0 Å². The second kappa shape index (κ2) is 4.03. The van der Waals surface area contributed by atoms with Crippen LogP contribution in [-0.2, 0) is 19.9 Å². The van der Waals surface area contributed by atoms with Gasteiger partial charge in [-0.05, 0) is 30.7 Å². The van der Waals surface area contributed by atoms with E-state index in [1.807, 2.05) is 0 Å². The molecule has 3 heteroatoms. The van der Waals surface area contributed by atoms with E-state index in [9.17, 15) is 0 Å². The molecule has 0 radical (unpaired) electrons. The van der Waals surface area contributed by atoms with Crippen LogP contribution in [0.25, 0.3) is 11.0 Å². The summed E-state index contributed by atoms with van der Waals surface area (Å²) < 4.78 is 2.14. The number of benzene rings is 1. The van der Waals surface area contributed by atoms with Gasteiger partial charge in [-0.15, -0.1) is 0 Å². The second-order valence-electron chi connectivity index (χ2n) is 3.80. The Hall–Kier alpha value is -1.35. The molecule has 0 aliphatic rings. The summed E-state index contributed by atoms with van der Waals surface area (Å²) in [5.74, 6) is 1.07. The Morgan fingerprint density at radius 2 is 2.20 bits per heavy atom. The molecule has 15 heavy (non-hydrogen) atoms. The van der Waals surface area contributed by atoms with E-state index in [-0.39, 0.29) is 0 Å². The van der Waals surface area contributed by atoms with Gasteiger partial charge in [0.05, 0.1) is 11.0 Å². The number of hydrogen-bond donors (Lipinski definition) is 1. The van der Waals surface area contributed by atoms with Crippen LogP contribution in [0, 0.1) is 0 Å². The first kappa shape index (κ1) is 10.2. The first-order valence-electron chi connectivity index (χ1n) is 5.40. The van der Waals surface area contributed by atoms with E-state index < -0.39 is 0 Å². The zero-order valence-corrected chi connectivity index (χ0v) is 9.33. The van der Waals surface area contributed by atoms with Gasteiger partial charge in [-0.25, -0.2) is 4.98 Å². The molecule has 0 saturated carbocycles. The van der Waals surface area contributed by atoms with Crippen LogP contribution < -0.4 is 5.73 Å². The van der Waals surface area contributed by atoms with Crippen LogP contribution in [0.5, 0.6) is 0 Å². The van der Waals surface area contributed by atoms with Crippen molar-refractivity contribution < 1.29 is 0 Å². The van der Waals surface area contributed by atoms with Gasteiger partial charge < -0.3 is 10.3 Å². The third-order valence-electron chi connectivity index (χ3n) is 2.81. The van der Waals surface area contributed by atoms with Crippen LogP contribution in [0.15, 0.2) is 18.2 Å². The van der Waals surface area contributed by atoms with Crippen molar-refractivity contribution in [2.45, 2.75) is 19.8 Å². The predicted molar refractivity (Wildman–Crippen MR) is 62.9 cm³/mol. The van der Waals surface area contributed by atoms with Crippen molar-refractivity contribution in [3.8, 4) is 0 Å². The fourth-order valence-electron chi connectivity index (χ4n) is 1.86. The van der Waals surface area contributed by atoms with Gasteiger partial charge in [0, 0.05) is 13.5 Å². The van der Waals surface area contributed by atoms with Gasteiger partial charge in [-0.1, -0.05) is 13.0 Å². The molecule has 80 valence electrons. The zero-order valence-electron chi connectivity index (χ0n) is 9.33. The van der Waals surface area contributed by atoms with E-state index in [0.717, 1.165) is 24.2 Å². The number of nitrogens with two attached hydrogens (primary N) is 1. The molecular formula is C12H17N3. The summed E-state index contributed by atoms with van der Waals surface area (Å²) in [4.78, 5) is 4.56. The van der Waals surface area contributed by atoms with E-state index in [2.05, 4.69) is 41.7 Å². The summed E-state index contributed by atoms with van der Waals surface area (Å²) in [6, 6.07) is 6.44. The lowest BCUT2D eigenvalue weighted by Gasteiger charge is -2.01. The molecule has 0 aliphatic heterocycles. The van der Waals surface area contributed by atoms with Crippen molar-refractivity contribution in [1.29, 1.82) is 0 Å². The van der Waals surface area contributed by atoms with Gasteiger partial charge in [0.2, 0.25) is 0 Å². The second-order valence-corrected chi connectivity index (χ2v) is 3.80. The first-order valence-corrected chi connectivity index (χ1v) is 5.40. The minimum Gasteiger partial charge on any atom is -0.331 e. The largest absolute Gasteiger partial charge is 0.331 e. The van der Waals surface area contributed by atoms with Crippen LogP contribution in [0.3, 0.4) is 0 Å². The summed E-state index contributed by atoms with van der Waals surface area (Å²) in [7, 11) is 2.06. The number of aromatic nitrogens is 2. The topological polar surface area (TPSA) is 43.8 Å². The van der Waals surface area contributed by atoms with Gasteiger partial charge >= 0.3 is 0 Å². The molecule has 2 N–H and O–H groups in total. The number of hydrogen-bond acceptors (Lipinski definition) is 2. The summed E-state index contributed by atoms with van der Waals surface area (Å²) in [5, 5.41) is 0. The fraction of sp³-hybridized carbons (Fsp3) is 0.417. The lowest BCUT2D eigenvalue weighted by atomic mass is 10.1. The molecule has 0 saturated heterocycles. The lowest BCUT2D eigenvalue weighted by molar-refractivity contribution is 0.793. The van der Waals surface area contributed by atoms with Crippen LogP contribution in [0.4, 0.5) is 0 Å². The van der Waals surface area contributed by atoms with E-state index in [1.54, 1.807) is 0 Å². The lowest BCUT2D eigenvalue weighted by Crippen LogP contribution is -2.07. The van der Waals surface area contributed by atoms with Crippen molar-refractivity contribution >= 4 is 11.0 Å². The molecule has 2 rings (SSSR count). The van der Waals surface area contributed by atoms with Crippen molar-refractivity contribution in [2.24, 2.45) is 12.8 Å². The van der Waals surface area contributed by atoms with Gasteiger partial charge in [-0.3, -0.25) is 0 Å². The molecule has 1 aromatic heterocycles. The number of fused-ring (bicyclic) bond motifs is 1. The average Bonchev–Trinajstić information content (AvgIpc) is 2.56. The summed E-state index contributed by atoms with van der Waals surface area (Å²) >= 11 is 0. The Bertz CT molecular complexity index is 471. The number of imidazole rings is 1. The average molecular weight is 203 g/mol. The Balaban J connectivity index is 2.56. The SMILES string of the molecule is CCc1ccc2nc(CCN)n(C)c2c1. The summed E-state index contributed by atoms with van der Waals surface area (Å²) in [6.07, 6.45) is 1.90. The Morgan fingerprint density at radius 1 is 1.40 bits per heavy atom. The highest BCUT2D eigenvalue weighted by molar-refractivity contribution is 5.76. The molecule has 0 amide bonds. The van der Waals surface area contributed by atoms with Gasteiger partial charge in [0.1, 0.15) is 5.82 Å². The number of rotatable bonds is 3. The van der Waals surface area contributed by atoms with Crippen molar-refractivity contribution in [3.63, 3.8) is 0 Å². The maximum Gasteiger partial charge on any atom is 0.110 e. The summed E-state index contributed by atoms with van der Waals surface area (Å²) in [5.41, 5.74) is 9.18. The quantitative estimate of drug-likeness (QED) is 0.824. The smallest absolute Gasteiger partial charge is 0.110 e. The van der Waals surface area contributed by atoms with E-state index in [4.69, 9.17) is 5.73 Å². The van der Waals surface area contributed by atoms with E-state index in [1.165, 1.54) is 11.1 Å². The monoisotopic (exact) mass is 203 g/mol. The van der Waals surface area contributed by atoms with Crippen LogP contribution in [0.1, 0.15) is 18.3 Å². The molecule has 1 aromatic carbocycles. The Morgan fingerprint density at radius 3 is 2.87 bits per heavy atom. The molecule has 0 aliphatic carbocycles. The van der Waals surface area contributed by atoms with Crippen LogP contribution in [0.2, 0.25) is 0 Å². The third-order valence-corrected chi connectivity index (χ3v) is 2.81. The molecule has 3 nitrogen and oxygen atoms in total. The van der Waals surface area contributed by atoms with E-state index in [0.29, 0.717) is 6.54 Å². The summed E-state index contributed by atoms with van der Waals surface area (Å²) in [6.45, 7) is 2.82. The minimum atomic E-state index is 0.651. The van der Waals surface area contributed by atoms with Crippen LogP contribution in [-0.4, -0.2) is 16.1 Å². The zero-order chi connectivity index (χ0) is 10.8. The molecule has 0 fully saturated rings. The molecule has 0 unspecified atom stereocenters. The first-order chi connectivity index (χ1) is 7.26. The maximum absolute atomic E-state index is 5.55. The molecule has 2 aromatic rings. The number of nitrogens with zero attached hydrogens (tertiary/aromatic N) is 2. The molecule has 1 heterocycles. The standard InChI is InChI=1S/C12H17N3/c1-3-9-4-5-10-11(8-9)15(2)12(14-10)6-7-13/h4-5,8H,3,6-7,13H2,1-2H3. The highest BCUT2D eigenvalue weighted by Crippen LogP contribution is 2.17. The fourth-order valence-corrected chi connectivity index (χ4v) is 1.86. The third kappa shape index (κ3) is 1.75. The van der Waals surface area contributed by atoms with E-state index >= 15 is 0 Å². The normalized spacial score (nSPS) is 11.1. The minimum absolute atomic E-state index is 0.651. The van der Waals surface area contributed by atoms with Gasteiger partial charge in [0.25, 0.3) is 0 Å². The Labute approximate surface area is 89.9 Å². The van der Waals surface area contributed by atoms with Crippen molar-refractivity contribution in [3.05, 3.63) is 29.6 Å². The highest BCUT2D eigenvalue weighted by Gasteiger charge is 2.06.